The molecule has 1 amide bonds. The molecule has 1 aliphatic rings. The molecule has 1 saturated carbocycles. The fraction of sp³-hybridized carbons (Fsp3) is 0.588. The lowest BCUT2D eigenvalue weighted by Crippen LogP contribution is -2.53. The minimum Gasteiger partial charge on any atom is -0.444 e. The first kappa shape index (κ1) is 18.0. The van der Waals surface area contributed by atoms with Gasteiger partial charge in [-0.2, -0.15) is 0 Å². The molecule has 4 nitrogen and oxygen atoms in total. The molecular formula is C17H24ClFN2O2. The van der Waals surface area contributed by atoms with Crippen molar-refractivity contribution in [1.82, 2.24) is 10.6 Å². The predicted octanol–water partition coefficient (Wildman–Crippen LogP) is 4.19. The Morgan fingerprint density at radius 1 is 1.35 bits per heavy atom. The summed E-state index contributed by atoms with van der Waals surface area (Å²) in [4.78, 5) is 11.7. The van der Waals surface area contributed by atoms with Crippen LogP contribution >= 0.6 is 11.6 Å². The summed E-state index contributed by atoms with van der Waals surface area (Å²) in [6, 6.07) is 5.27. The summed E-state index contributed by atoms with van der Waals surface area (Å²) in [5.41, 5.74) is 0.460. The van der Waals surface area contributed by atoms with Crippen LogP contribution in [0.4, 0.5) is 9.18 Å². The molecule has 1 aromatic rings. The molecule has 1 aromatic carbocycles. The summed E-state index contributed by atoms with van der Waals surface area (Å²) < 4.78 is 18.4. The van der Waals surface area contributed by atoms with Crippen LogP contribution in [0, 0.1) is 5.82 Å². The van der Waals surface area contributed by atoms with Gasteiger partial charge in [0.25, 0.3) is 0 Å². The molecule has 2 N–H and O–H groups in total. The maximum Gasteiger partial charge on any atom is 0.407 e. The Labute approximate surface area is 141 Å². The summed E-state index contributed by atoms with van der Waals surface area (Å²) in [7, 11) is 0. The van der Waals surface area contributed by atoms with Crippen molar-refractivity contribution in [3.05, 3.63) is 34.6 Å². The van der Waals surface area contributed by atoms with Gasteiger partial charge in [0.1, 0.15) is 11.4 Å². The van der Waals surface area contributed by atoms with Gasteiger partial charge in [-0.25, -0.2) is 9.18 Å². The molecule has 6 heteroatoms. The standard InChI is InChI=1S/C17H24ClFN2O2/c1-10(11-5-6-15(19)14(18)7-11)20-12-8-13(9-12)21-16(22)23-17(2,3)4/h5-7,10,12-13,20H,8-9H2,1-4H3,(H,21,22). The van der Waals surface area contributed by atoms with Gasteiger partial charge in [0, 0.05) is 18.1 Å². The fourth-order valence-corrected chi connectivity index (χ4v) is 2.77. The normalized spacial score (nSPS) is 22.2. The summed E-state index contributed by atoms with van der Waals surface area (Å²) in [5.74, 6) is -0.409. The van der Waals surface area contributed by atoms with Gasteiger partial charge in [-0.05, 0) is 58.2 Å². The average molecular weight is 343 g/mol. The van der Waals surface area contributed by atoms with Crippen LogP contribution in [0.2, 0.25) is 5.02 Å². The number of halogens is 2. The third-order valence-electron chi connectivity index (χ3n) is 3.79. The summed E-state index contributed by atoms with van der Waals surface area (Å²) in [6.45, 7) is 7.53. The van der Waals surface area contributed by atoms with Crippen LogP contribution in [-0.4, -0.2) is 23.8 Å². The second-order valence-corrected chi connectivity index (χ2v) is 7.48. The number of carbonyl (C=O) groups is 1. The van der Waals surface area contributed by atoms with Gasteiger partial charge >= 0.3 is 6.09 Å². The number of carbonyl (C=O) groups excluding carboxylic acids is 1. The zero-order valence-corrected chi connectivity index (χ0v) is 14.7. The highest BCUT2D eigenvalue weighted by molar-refractivity contribution is 6.30. The quantitative estimate of drug-likeness (QED) is 0.862. The minimum absolute atomic E-state index is 0.0700. The summed E-state index contributed by atoms with van der Waals surface area (Å²) in [5, 5.41) is 6.45. The van der Waals surface area contributed by atoms with E-state index in [9.17, 15) is 9.18 Å². The van der Waals surface area contributed by atoms with Crippen LogP contribution in [0.3, 0.4) is 0 Å². The smallest absolute Gasteiger partial charge is 0.407 e. The first-order valence-electron chi connectivity index (χ1n) is 7.84. The molecule has 0 radical (unpaired) electrons. The first-order valence-corrected chi connectivity index (χ1v) is 8.22. The van der Waals surface area contributed by atoms with E-state index in [1.165, 1.54) is 6.07 Å². The number of nitrogens with one attached hydrogen (secondary N) is 2. The van der Waals surface area contributed by atoms with Crippen LogP contribution < -0.4 is 10.6 Å². The molecule has 0 aromatic heterocycles. The Bertz CT molecular complexity index is 568. The summed E-state index contributed by atoms with van der Waals surface area (Å²) >= 11 is 5.81. The van der Waals surface area contributed by atoms with Gasteiger partial charge in [0.05, 0.1) is 5.02 Å². The van der Waals surface area contributed by atoms with Gasteiger partial charge < -0.3 is 15.4 Å². The number of hydrogen-bond acceptors (Lipinski definition) is 3. The SMILES string of the molecule is CC(NC1CC(NC(=O)OC(C)(C)C)C1)c1ccc(F)c(Cl)c1. The van der Waals surface area contributed by atoms with Crippen molar-refractivity contribution in [3.63, 3.8) is 0 Å². The number of ether oxygens (including phenoxy) is 1. The largest absolute Gasteiger partial charge is 0.444 e. The zero-order valence-electron chi connectivity index (χ0n) is 14.0. The third kappa shape index (κ3) is 5.36. The number of hydrogen-bond donors (Lipinski definition) is 2. The van der Waals surface area contributed by atoms with Gasteiger partial charge in [-0.1, -0.05) is 17.7 Å². The Balaban J connectivity index is 1.75. The maximum absolute atomic E-state index is 13.2. The van der Waals surface area contributed by atoms with E-state index in [4.69, 9.17) is 16.3 Å². The fourth-order valence-electron chi connectivity index (χ4n) is 2.58. The van der Waals surface area contributed by atoms with Crippen LogP contribution in [0.25, 0.3) is 0 Å². The highest BCUT2D eigenvalue weighted by Gasteiger charge is 2.32. The van der Waals surface area contributed by atoms with Crippen molar-refractivity contribution in [2.75, 3.05) is 0 Å². The van der Waals surface area contributed by atoms with Gasteiger partial charge in [-0.15, -0.1) is 0 Å². The molecule has 1 atom stereocenters. The van der Waals surface area contributed by atoms with E-state index >= 15 is 0 Å². The molecule has 23 heavy (non-hydrogen) atoms. The van der Waals surface area contributed by atoms with Crippen molar-refractivity contribution < 1.29 is 13.9 Å². The van der Waals surface area contributed by atoms with Crippen molar-refractivity contribution in [2.24, 2.45) is 0 Å². The second-order valence-electron chi connectivity index (χ2n) is 7.07. The second kappa shape index (κ2) is 7.05. The van der Waals surface area contributed by atoms with E-state index < -0.39 is 11.4 Å². The van der Waals surface area contributed by atoms with Gasteiger partial charge in [0.2, 0.25) is 0 Å². The van der Waals surface area contributed by atoms with Crippen LogP contribution in [-0.2, 0) is 4.74 Å². The van der Waals surface area contributed by atoms with E-state index in [0.717, 1.165) is 18.4 Å². The van der Waals surface area contributed by atoms with Crippen LogP contribution in [0.1, 0.15) is 52.1 Å². The van der Waals surface area contributed by atoms with E-state index in [-0.39, 0.29) is 23.2 Å². The van der Waals surface area contributed by atoms with Crippen LogP contribution in [0.5, 0.6) is 0 Å². The topological polar surface area (TPSA) is 50.4 Å². The average Bonchev–Trinajstić information content (AvgIpc) is 2.37. The van der Waals surface area contributed by atoms with Crippen molar-refractivity contribution in [3.8, 4) is 0 Å². The van der Waals surface area contributed by atoms with E-state index in [2.05, 4.69) is 10.6 Å². The van der Waals surface area contributed by atoms with Crippen LogP contribution in [0.15, 0.2) is 18.2 Å². The van der Waals surface area contributed by atoms with Crippen molar-refractivity contribution in [1.29, 1.82) is 0 Å². The molecule has 1 fully saturated rings. The molecule has 128 valence electrons. The van der Waals surface area contributed by atoms with E-state index in [1.807, 2.05) is 27.7 Å². The maximum atomic E-state index is 13.2. The lowest BCUT2D eigenvalue weighted by Gasteiger charge is -2.38. The Morgan fingerprint density at radius 2 is 2.00 bits per heavy atom. The monoisotopic (exact) mass is 342 g/mol. The number of alkyl carbamates (subject to hydrolysis) is 1. The first-order chi connectivity index (χ1) is 10.6. The van der Waals surface area contributed by atoms with Crippen molar-refractivity contribution >= 4 is 17.7 Å². The van der Waals surface area contributed by atoms with E-state index in [0.29, 0.717) is 6.04 Å². The third-order valence-corrected chi connectivity index (χ3v) is 4.08. The molecule has 1 aliphatic carbocycles. The lowest BCUT2D eigenvalue weighted by molar-refractivity contribution is 0.0463. The molecule has 1 unspecified atom stereocenters. The number of rotatable bonds is 4. The highest BCUT2D eigenvalue weighted by Crippen LogP contribution is 2.26. The Kier molecular flexibility index (Phi) is 5.53. The summed E-state index contributed by atoms with van der Waals surface area (Å²) in [6.07, 6.45) is 1.32. The Hall–Kier alpha value is -1.33. The van der Waals surface area contributed by atoms with Crippen molar-refractivity contribution in [2.45, 2.75) is 64.3 Å². The highest BCUT2D eigenvalue weighted by atomic mass is 35.5. The molecule has 0 bridgehead atoms. The Morgan fingerprint density at radius 3 is 2.57 bits per heavy atom. The van der Waals surface area contributed by atoms with E-state index in [1.54, 1.807) is 12.1 Å². The zero-order chi connectivity index (χ0) is 17.2. The lowest BCUT2D eigenvalue weighted by atomic mass is 9.86. The number of benzene rings is 1. The molecule has 0 aliphatic heterocycles. The predicted molar refractivity (Wildman–Crippen MR) is 89.1 cm³/mol. The van der Waals surface area contributed by atoms with Gasteiger partial charge in [0.15, 0.2) is 0 Å². The minimum atomic E-state index is -0.484. The molecule has 0 heterocycles. The molecule has 0 saturated heterocycles. The molecule has 0 spiro atoms. The molecular weight excluding hydrogens is 319 g/mol. The number of amides is 1. The van der Waals surface area contributed by atoms with Gasteiger partial charge in [-0.3, -0.25) is 0 Å². The molecule has 2 rings (SSSR count).